The van der Waals surface area contributed by atoms with Crippen molar-refractivity contribution in [3.05, 3.63) is 101 Å². The smallest absolute Gasteiger partial charge is 0.310 e. The summed E-state index contributed by atoms with van der Waals surface area (Å²) in [5.41, 5.74) is 3.59. The van der Waals surface area contributed by atoms with Gasteiger partial charge in [0.05, 0.1) is 18.0 Å². The molecule has 3 aromatic rings. The van der Waals surface area contributed by atoms with E-state index in [1.54, 1.807) is 36.4 Å². The number of hydrazone groups is 1. The standard InChI is InChI=1S/C25H20F2N2O2/c26-19-10-6-16(7-11-19)15-18-3-1-4-21-23(18)28-29(25(30)22-5-2-14-31-22)24(21)17-8-12-20(27)13-9-17/h2,5-15,21,24H,1,3-4H2/b18-15+/t21-,24-/m1/s1. The molecule has 0 bridgehead atoms. The first-order chi connectivity index (χ1) is 15.1. The second-order valence-corrected chi connectivity index (χ2v) is 7.83. The maximum absolute atomic E-state index is 13.6. The normalized spacial score (nSPS) is 21.8. The Morgan fingerprint density at radius 3 is 2.42 bits per heavy atom. The fourth-order valence-corrected chi connectivity index (χ4v) is 4.43. The number of carbonyl (C=O) groups excluding carboxylic acids is 1. The molecule has 2 aliphatic rings. The van der Waals surface area contributed by atoms with Crippen molar-refractivity contribution in [1.82, 2.24) is 5.01 Å². The first kappa shape index (κ1) is 19.4. The van der Waals surface area contributed by atoms with E-state index in [9.17, 15) is 13.6 Å². The molecule has 0 unspecified atom stereocenters. The van der Waals surface area contributed by atoms with Gasteiger partial charge in [0, 0.05) is 5.92 Å². The Labute approximate surface area is 178 Å². The van der Waals surface area contributed by atoms with Gasteiger partial charge in [0.2, 0.25) is 0 Å². The van der Waals surface area contributed by atoms with E-state index in [1.807, 2.05) is 6.08 Å². The van der Waals surface area contributed by atoms with Crippen molar-refractivity contribution in [2.75, 3.05) is 0 Å². The summed E-state index contributed by atoms with van der Waals surface area (Å²) in [7, 11) is 0. The van der Waals surface area contributed by atoms with Gasteiger partial charge in [-0.25, -0.2) is 13.8 Å². The molecule has 1 fully saturated rings. The zero-order chi connectivity index (χ0) is 21.4. The van der Waals surface area contributed by atoms with Crippen LogP contribution in [0.25, 0.3) is 6.08 Å². The average Bonchev–Trinajstić information content (AvgIpc) is 3.44. The van der Waals surface area contributed by atoms with E-state index in [0.717, 1.165) is 41.7 Å². The summed E-state index contributed by atoms with van der Waals surface area (Å²) in [6.45, 7) is 0. The molecule has 31 heavy (non-hydrogen) atoms. The molecule has 1 aliphatic carbocycles. The van der Waals surface area contributed by atoms with Gasteiger partial charge < -0.3 is 4.42 Å². The summed E-state index contributed by atoms with van der Waals surface area (Å²) < 4.78 is 32.2. The lowest BCUT2D eigenvalue weighted by molar-refractivity contribution is 0.0648. The van der Waals surface area contributed by atoms with Gasteiger partial charge in [-0.2, -0.15) is 5.10 Å². The van der Waals surface area contributed by atoms with Crippen molar-refractivity contribution in [3.8, 4) is 0 Å². The third-order valence-corrected chi connectivity index (χ3v) is 5.86. The molecule has 0 radical (unpaired) electrons. The minimum atomic E-state index is -0.342. The molecule has 1 aromatic heterocycles. The largest absolute Gasteiger partial charge is 0.459 e. The zero-order valence-electron chi connectivity index (χ0n) is 16.7. The topological polar surface area (TPSA) is 45.8 Å². The molecule has 1 aliphatic heterocycles. The lowest BCUT2D eigenvalue weighted by Crippen LogP contribution is -2.31. The monoisotopic (exact) mass is 418 g/mol. The molecule has 2 aromatic carbocycles. The maximum Gasteiger partial charge on any atom is 0.310 e. The van der Waals surface area contributed by atoms with Gasteiger partial charge in [0.15, 0.2) is 5.76 Å². The SMILES string of the molecule is O=C(c1ccco1)N1N=C2/C(=C/c3ccc(F)cc3)CCC[C@H]2[C@H]1c1ccc(F)cc1. The van der Waals surface area contributed by atoms with Crippen molar-refractivity contribution in [1.29, 1.82) is 0 Å². The number of carbonyl (C=O) groups is 1. The van der Waals surface area contributed by atoms with Crippen LogP contribution in [0, 0.1) is 17.6 Å². The molecule has 0 N–H and O–H groups in total. The summed E-state index contributed by atoms with van der Waals surface area (Å²) in [6, 6.07) is 15.5. The Kier molecular flexibility index (Phi) is 4.98. The van der Waals surface area contributed by atoms with E-state index in [1.165, 1.54) is 35.5 Å². The van der Waals surface area contributed by atoms with Gasteiger partial charge in [-0.15, -0.1) is 0 Å². The molecule has 2 atom stereocenters. The van der Waals surface area contributed by atoms with E-state index in [4.69, 9.17) is 9.52 Å². The van der Waals surface area contributed by atoms with Crippen LogP contribution in [0.5, 0.6) is 0 Å². The van der Waals surface area contributed by atoms with E-state index < -0.39 is 0 Å². The summed E-state index contributed by atoms with van der Waals surface area (Å²) in [6.07, 6.45) is 6.09. The minimum absolute atomic E-state index is 0.00942. The van der Waals surface area contributed by atoms with Crippen LogP contribution >= 0.6 is 0 Å². The summed E-state index contributed by atoms with van der Waals surface area (Å²) >= 11 is 0. The summed E-state index contributed by atoms with van der Waals surface area (Å²) in [4.78, 5) is 13.2. The predicted octanol–water partition coefficient (Wildman–Crippen LogP) is 5.99. The average molecular weight is 418 g/mol. The highest BCUT2D eigenvalue weighted by Crippen LogP contribution is 2.45. The summed E-state index contributed by atoms with van der Waals surface area (Å²) in [5, 5.41) is 6.21. The number of fused-ring (bicyclic) bond motifs is 1. The number of furan rings is 1. The van der Waals surface area contributed by atoms with Crippen molar-refractivity contribution in [2.45, 2.75) is 25.3 Å². The zero-order valence-corrected chi connectivity index (χ0v) is 16.7. The molecule has 0 saturated heterocycles. The van der Waals surface area contributed by atoms with Crippen LogP contribution < -0.4 is 0 Å². The van der Waals surface area contributed by atoms with Gasteiger partial charge in [-0.05, 0) is 78.4 Å². The highest BCUT2D eigenvalue weighted by molar-refractivity contribution is 6.08. The van der Waals surface area contributed by atoms with Gasteiger partial charge in [0.1, 0.15) is 11.6 Å². The van der Waals surface area contributed by atoms with E-state index in [0.29, 0.717) is 0 Å². The van der Waals surface area contributed by atoms with Crippen LogP contribution in [0.15, 0.2) is 82.0 Å². The second-order valence-electron chi connectivity index (χ2n) is 7.83. The number of hydrogen-bond donors (Lipinski definition) is 0. The van der Waals surface area contributed by atoms with E-state index >= 15 is 0 Å². The van der Waals surface area contributed by atoms with Gasteiger partial charge in [-0.3, -0.25) is 4.79 Å². The van der Waals surface area contributed by atoms with Crippen LogP contribution in [-0.4, -0.2) is 16.6 Å². The molecule has 1 amide bonds. The van der Waals surface area contributed by atoms with Crippen LogP contribution in [0.4, 0.5) is 8.78 Å². The number of hydrogen-bond acceptors (Lipinski definition) is 3. The highest BCUT2D eigenvalue weighted by atomic mass is 19.1. The quantitative estimate of drug-likeness (QED) is 0.524. The van der Waals surface area contributed by atoms with Crippen molar-refractivity contribution in [3.63, 3.8) is 0 Å². The minimum Gasteiger partial charge on any atom is -0.459 e. The number of benzene rings is 2. The van der Waals surface area contributed by atoms with Crippen molar-refractivity contribution in [2.24, 2.45) is 11.0 Å². The predicted molar refractivity (Wildman–Crippen MR) is 113 cm³/mol. The van der Waals surface area contributed by atoms with E-state index in [2.05, 4.69) is 0 Å². The van der Waals surface area contributed by atoms with Gasteiger partial charge in [0.25, 0.3) is 0 Å². The lowest BCUT2D eigenvalue weighted by atomic mass is 9.77. The fraction of sp³-hybridized carbons (Fsp3) is 0.200. The Bertz CT molecular complexity index is 1150. The number of halogens is 2. The molecule has 4 nitrogen and oxygen atoms in total. The second kappa shape index (κ2) is 7.95. The first-order valence-corrected chi connectivity index (χ1v) is 10.3. The van der Waals surface area contributed by atoms with Crippen LogP contribution in [0.2, 0.25) is 0 Å². The molecule has 6 heteroatoms. The van der Waals surface area contributed by atoms with Gasteiger partial charge in [-0.1, -0.05) is 24.3 Å². The van der Waals surface area contributed by atoms with E-state index in [-0.39, 0.29) is 35.3 Å². The Balaban J connectivity index is 1.57. The maximum atomic E-state index is 13.6. The molecule has 1 saturated carbocycles. The number of rotatable bonds is 3. The molecule has 2 heterocycles. The Hall–Kier alpha value is -3.54. The fourth-order valence-electron chi connectivity index (χ4n) is 4.43. The molecule has 5 rings (SSSR count). The third kappa shape index (κ3) is 3.69. The van der Waals surface area contributed by atoms with Crippen LogP contribution in [0.1, 0.15) is 47.0 Å². The van der Waals surface area contributed by atoms with Crippen molar-refractivity contribution < 1.29 is 18.0 Å². The Morgan fingerprint density at radius 1 is 1.03 bits per heavy atom. The van der Waals surface area contributed by atoms with Gasteiger partial charge >= 0.3 is 5.91 Å². The molecular weight excluding hydrogens is 398 g/mol. The third-order valence-electron chi connectivity index (χ3n) is 5.86. The number of amides is 1. The molecule has 156 valence electrons. The van der Waals surface area contributed by atoms with Crippen molar-refractivity contribution >= 4 is 17.7 Å². The number of nitrogens with zero attached hydrogens (tertiary/aromatic N) is 2. The molecule has 0 spiro atoms. The van der Waals surface area contributed by atoms with Crippen LogP contribution in [0.3, 0.4) is 0 Å². The first-order valence-electron chi connectivity index (χ1n) is 10.3. The number of allylic oxidation sites excluding steroid dienone is 1. The lowest BCUT2D eigenvalue weighted by Gasteiger charge is -2.29. The molecular formula is C25H20F2N2O2. The summed E-state index contributed by atoms with van der Waals surface area (Å²) in [5.74, 6) is -0.743. The van der Waals surface area contributed by atoms with Crippen LogP contribution in [-0.2, 0) is 0 Å². The highest BCUT2D eigenvalue weighted by Gasteiger charge is 2.44. The Morgan fingerprint density at radius 2 is 1.74 bits per heavy atom.